The van der Waals surface area contributed by atoms with E-state index in [-0.39, 0.29) is 5.91 Å². The SMILES string of the molecule is O=C(CCCCCNc1ncnc2c1ncn2Cc1ccccc1)NO. The van der Waals surface area contributed by atoms with Crippen molar-refractivity contribution in [1.82, 2.24) is 25.0 Å². The summed E-state index contributed by atoms with van der Waals surface area (Å²) < 4.78 is 2.00. The van der Waals surface area contributed by atoms with Gasteiger partial charge in [-0.3, -0.25) is 10.0 Å². The first kappa shape index (κ1) is 17.8. The number of hydrogen-bond acceptors (Lipinski definition) is 6. The Morgan fingerprint density at radius 2 is 1.92 bits per heavy atom. The summed E-state index contributed by atoms with van der Waals surface area (Å²) in [6.07, 6.45) is 6.17. The van der Waals surface area contributed by atoms with Gasteiger partial charge in [0, 0.05) is 13.0 Å². The fraction of sp³-hybridized carbons (Fsp3) is 0.333. The number of aromatic nitrogens is 4. The van der Waals surface area contributed by atoms with Gasteiger partial charge in [-0.05, 0) is 18.4 Å². The van der Waals surface area contributed by atoms with Gasteiger partial charge >= 0.3 is 0 Å². The van der Waals surface area contributed by atoms with E-state index in [1.807, 2.05) is 22.8 Å². The van der Waals surface area contributed by atoms with Crippen LogP contribution in [0, 0.1) is 0 Å². The molecule has 1 aromatic carbocycles. The Bertz CT molecular complexity index is 849. The van der Waals surface area contributed by atoms with E-state index < -0.39 is 0 Å². The standard InChI is InChI=1S/C18H22N6O2/c25-15(23-26)9-5-2-6-10-19-17-16-18(21-12-20-17)24(13-22-16)11-14-7-3-1-4-8-14/h1,3-4,7-8,12-13,26H,2,5-6,9-11H2,(H,23,25)(H,19,20,21). The Kier molecular flexibility index (Phi) is 6.10. The molecule has 0 aliphatic rings. The third kappa shape index (κ3) is 4.54. The molecular formula is C18H22N6O2. The Morgan fingerprint density at radius 3 is 2.73 bits per heavy atom. The number of carbonyl (C=O) groups excluding carboxylic acids is 1. The monoisotopic (exact) mass is 354 g/mol. The van der Waals surface area contributed by atoms with E-state index in [4.69, 9.17) is 5.21 Å². The van der Waals surface area contributed by atoms with Gasteiger partial charge in [-0.25, -0.2) is 20.4 Å². The van der Waals surface area contributed by atoms with Gasteiger partial charge in [-0.2, -0.15) is 0 Å². The highest BCUT2D eigenvalue weighted by molar-refractivity contribution is 5.82. The number of unbranched alkanes of at least 4 members (excludes halogenated alkanes) is 2. The highest BCUT2D eigenvalue weighted by Crippen LogP contribution is 2.18. The summed E-state index contributed by atoms with van der Waals surface area (Å²) in [5.74, 6) is 0.370. The minimum absolute atomic E-state index is 0.331. The Morgan fingerprint density at radius 1 is 1.08 bits per heavy atom. The van der Waals surface area contributed by atoms with Crippen LogP contribution in [0.15, 0.2) is 43.0 Å². The van der Waals surface area contributed by atoms with Crippen molar-refractivity contribution < 1.29 is 10.0 Å². The molecule has 3 rings (SSSR count). The summed E-state index contributed by atoms with van der Waals surface area (Å²) in [5, 5.41) is 11.7. The van der Waals surface area contributed by atoms with Crippen LogP contribution in [0.2, 0.25) is 0 Å². The number of carbonyl (C=O) groups is 1. The maximum absolute atomic E-state index is 10.9. The lowest BCUT2D eigenvalue weighted by molar-refractivity contribution is -0.129. The number of imidazole rings is 1. The Labute approximate surface area is 151 Å². The van der Waals surface area contributed by atoms with Gasteiger partial charge in [-0.1, -0.05) is 36.8 Å². The molecule has 0 unspecified atom stereocenters. The number of amides is 1. The molecule has 26 heavy (non-hydrogen) atoms. The number of hydroxylamine groups is 1. The van der Waals surface area contributed by atoms with Crippen molar-refractivity contribution in [1.29, 1.82) is 0 Å². The predicted molar refractivity (Wildman–Crippen MR) is 97.8 cm³/mol. The van der Waals surface area contributed by atoms with Crippen molar-refractivity contribution in [3.63, 3.8) is 0 Å². The number of benzene rings is 1. The number of nitrogens with one attached hydrogen (secondary N) is 2. The van der Waals surface area contributed by atoms with Gasteiger partial charge in [0.2, 0.25) is 5.91 Å². The molecule has 0 aliphatic heterocycles. The second-order valence-corrected chi connectivity index (χ2v) is 6.02. The molecule has 0 aliphatic carbocycles. The highest BCUT2D eigenvalue weighted by atomic mass is 16.5. The zero-order chi connectivity index (χ0) is 18.2. The number of fused-ring (bicyclic) bond motifs is 1. The average molecular weight is 354 g/mol. The molecule has 0 bridgehead atoms. The normalized spacial score (nSPS) is 10.8. The van der Waals surface area contributed by atoms with Crippen molar-refractivity contribution in [2.24, 2.45) is 0 Å². The number of anilines is 1. The van der Waals surface area contributed by atoms with Gasteiger partial charge in [0.25, 0.3) is 0 Å². The molecular weight excluding hydrogens is 332 g/mol. The lowest BCUT2D eigenvalue weighted by Gasteiger charge is -2.07. The highest BCUT2D eigenvalue weighted by Gasteiger charge is 2.10. The Balaban J connectivity index is 1.57. The van der Waals surface area contributed by atoms with Crippen LogP contribution in [-0.4, -0.2) is 37.2 Å². The topological polar surface area (TPSA) is 105 Å². The van der Waals surface area contributed by atoms with Crippen LogP contribution in [-0.2, 0) is 11.3 Å². The molecule has 0 fully saturated rings. The largest absolute Gasteiger partial charge is 0.368 e. The van der Waals surface area contributed by atoms with Crippen LogP contribution in [0.5, 0.6) is 0 Å². The van der Waals surface area contributed by atoms with Gasteiger partial charge in [0.15, 0.2) is 11.5 Å². The molecule has 0 saturated carbocycles. The molecule has 2 aromatic heterocycles. The molecule has 3 N–H and O–H groups in total. The fourth-order valence-corrected chi connectivity index (χ4v) is 2.76. The summed E-state index contributed by atoms with van der Waals surface area (Å²) in [7, 11) is 0. The zero-order valence-electron chi connectivity index (χ0n) is 14.4. The van der Waals surface area contributed by atoms with E-state index in [2.05, 4.69) is 32.4 Å². The quantitative estimate of drug-likeness (QED) is 0.309. The lowest BCUT2D eigenvalue weighted by Crippen LogP contribution is -2.17. The molecule has 0 radical (unpaired) electrons. The summed E-state index contributed by atoms with van der Waals surface area (Å²) in [4.78, 5) is 24.1. The first-order chi connectivity index (χ1) is 12.8. The summed E-state index contributed by atoms with van der Waals surface area (Å²) in [6, 6.07) is 10.2. The Hall–Kier alpha value is -3.00. The number of hydrogen-bond donors (Lipinski definition) is 3. The number of nitrogens with zero attached hydrogens (tertiary/aromatic N) is 4. The molecule has 8 nitrogen and oxygen atoms in total. The first-order valence-electron chi connectivity index (χ1n) is 8.64. The lowest BCUT2D eigenvalue weighted by atomic mass is 10.2. The van der Waals surface area contributed by atoms with Crippen molar-refractivity contribution >= 4 is 22.9 Å². The third-order valence-corrected chi connectivity index (χ3v) is 4.09. The van der Waals surface area contributed by atoms with Crippen molar-refractivity contribution in [3.05, 3.63) is 48.5 Å². The molecule has 1 amide bonds. The molecule has 0 atom stereocenters. The van der Waals surface area contributed by atoms with E-state index >= 15 is 0 Å². The fourth-order valence-electron chi connectivity index (χ4n) is 2.76. The van der Waals surface area contributed by atoms with Gasteiger partial charge in [0.05, 0.1) is 12.9 Å². The summed E-state index contributed by atoms with van der Waals surface area (Å²) in [5.41, 5.74) is 4.38. The van der Waals surface area contributed by atoms with Crippen LogP contribution in [0.1, 0.15) is 31.2 Å². The second kappa shape index (κ2) is 8.91. The van der Waals surface area contributed by atoms with Gasteiger partial charge in [-0.15, -0.1) is 0 Å². The molecule has 0 spiro atoms. The van der Waals surface area contributed by atoms with Crippen LogP contribution in [0.4, 0.5) is 5.82 Å². The van der Waals surface area contributed by atoms with E-state index in [1.165, 1.54) is 5.56 Å². The van der Waals surface area contributed by atoms with E-state index in [1.54, 1.807) is 18.1 Å². The molecule has 2 heterocycles. The van der Waals surface area contributed by atoms with Crippen molar-refractivity contribution in [2.75, 3.05) is 11.9 Å². The maximum Gasteiger partial charge on any atom is 0.243 e. The van der Waals surface area contributed by atoms with E-state index in [9.17, 15) is 4.79 Å². The average Bonchev–Trinajstić information content (AvgIpc) is 3.08. The third-order valence-electron chi connectivity index (χ3n) is 4.09. The molecule has 3 aromatic rings. The van der Waals surface area contributed by atoms with E-state index in [0.717, 1.165) is 42.8 Å². The molecule has 136 valence electrons. The summed E-state index contributed by atoms with van der Waals surface area (Å²) in [6.45, 7) is 1.44. The van der Waals surface area contributed by atoms with Crippen LogP contribution in [0.3, 0.4) is 0 Å². The van der Waals surface area contributed by atoms with Gasteiger partial charge < -0.3 is 9.88 Å². The minimum Gasteiger partial charge on any atom is -0.368 e. The van der Waals surface area contributed by atoms with Gasteiger partial charge in [0.1, 0.15) is 11.8 Å². The van der Waals surface area contributed by atoms with Crippen LogP contribution >= 0.6 is 0 Å². The summed E-state index contributed by atoms with van der Waals surface area (Å²) >= 11 is 0. The van der Waals surface area contributed by atoms with Crippen molar-refractivity contribution in [2.45, 2.75) is 32.2 Å². The van der Waals surface area contributed by atoms with Crippen LogP contribution in [0.25, 0.3) is 11.2 Å². The minimum atomic E-state index is -0.348. The van der Waals surface area contributed by atoms with E-state index in [0.29, 0.717) is 13.0 Å². The van der Waals surface area contributed by atoms with Crippen LogP contribution < -0.4 is 10.8 Å². The first-order valence-corrected chi connectivity index (χ1v) is 8.64. The smallest absolute Gasteiger partial charge is 0.243 e. The molecule has 8 heteroatoms. The van der Waals surface area contributed by atoms with Crippen molar-refractivity contribution in [3.8, 4) is 0 Å². The predicted octanol–water partition coefficient (Wildman–Crippen LogP) is 2.35. The number of rotatable bonds is 9. The second-order valence-electron chi connectivity index (χ2n) is 6.02. The zero-order valence-corrected chi connectivity index (χ0v) is 14.4. The molecule has 0 saturated heterocycles. The maximum atomic E-state index is 10.9.